The molecule has 6 aromatic carbocycles. The zero-order valence-corrected chi connectivity index (χ0v) is 39.7. The highest BCUT2D eigenvalue weighted by Crippen LogP contribution is 2.43. The van der Waals surface area contributed by atoms with Crippen molar-refractivity contribution in [1.29, 1.82) is 0 Å². The Morgan fingerprint density at radius 1 is 0.831 bits per heavy atom. The first-order chi connectivity index (χ1) is 34.7. The van der Waals surface area contributed by atoms with Gasteiger partial charge in [0.2, 0.25) is 0 Å². The number of hydrogen-bond acceptors (Lipinski definition) is 13. The number of amides is 2. The topological polar surface area (TPSA) is 180 Å². The van der Waals surface area contributed by atoms with Crippen LogP contribution in [0.1, 0.15) is 39.6 Å². The smallest absolute Gasteiger partial charge is 0.356 e. The summed E-state index contributed by atoms with van der Waals surface area (Å²) in [5.74, 6) is -2.21. The van der Waals surface area contributed by atoms with Gasteiger partial charge in [0, 0.05) is 29.8 Å². The number of rotatable bonds is 16. The predicted octanol–water partition coefficient (Wildman–Crippen LogP) is 8.90. The lowest BCUT2D eigenvalue weighted by atomic mass is 9.77. The summed E-state index contributed by atoms with van der Waals surface area (Å²) in [7, 11) is 1.33. The van der Waals surface area contributed by atoms with Gasteiger partial charge in [-0.15, -0.1) is 23.1 Å². The number of thiazole rings is 1. The van der Waals surface area contributed by atoms with Crippen LogP contribution in [0.5, 0.6) is 11.5 Å². The monoisotopic (exact) mass is 979 g/mol. The number of fused-ring (bicyclic) bond motifs is 2. The summed E-state index contributed by atoms with van der Waals surface area (Å²) in [6, 6.07) is 50.7. The number of aromatic nitrogens is 3. The minimum atomic E-state index is -1.04. The number of aromatic hydroxyl groups is 2. The van der Waals surface area contributed by atoms with Crippen LogP contribution in [0, 0.1) is 0 Å². The maximum atomic E-state index is 14.7. The number of benzene rings is 6. The molecular weight excluding hydrogens is 935 g/mol. The van der Waals surface area contributed by atoms with Crippen LogP contribution in [0.3, 0.4) is 0 Å². The van der Waals surface area contributed by atoms with E-state index in [1.807, 2.05) is 121 Å². The molecule has 0 saturated carbocycles. The number of phenols is 2. The van der Waals surface area contributed by atoms with Crippen LogP contribution < -0.4 is 10.6 Å². The molecule has 2 atom stereocenters. The first-order valence-electron chi connectivity index (χ1n) is 22.6. The molecule has 4 N–H and O–H groups in total. The number of nitrogens with one attached hydrogen (secondary N) is 2. The second-order valence-corrected chi connectivity index (χ2v) is 18.6. The number of β-lactam (4-membered cyclic amide) rings is 1. The fourth-order valence-electron chi connectivity index (χ4n) is 8.93. The molecule has 8 aromatic rings. The molecule has 0 bridgehead atoms. The number of hydrogen-bond donors (Lipinski definition) is 4. The first kappa shape index (κ1) is 46.3. The molecule has 2 aliphatic heterocycles. The molecular formula is C55H45N7O7S2. The predicted molar refractivity (Wildman–Crippen MR) is 274 cm³/mol. The first-order valence-corrected chi connectivity index (χ1v) is 24.5. The van der Waals surface area contributed by atoms with Crippen LogP contribution >= 0.6 is 23.1 Å². The number of carbonyl (C=O) groups excluding carboxylic acids is 3. The van der Waals surface area contributed by atoms with Gasteiger partial charge in [-0.05, 0) is 33.4 Å². The molecule has 0 spiro atoms. The minimum absolute atomic E-state index is 0.0511. The van der Waals surface area contributed by atoms with E-state index < -0.39 is 40.8 Å². The fourth-order valence-corrected chi connectivity index (χ4v) is 11.0. The summed E-state index contributed by atoms with van der Waals surface area (Å²) in [6.45, 7) is 0.283. The third kappa shape index (κ3) is 9.13. The van der Waals surface area contributed by atoms with Gasteiger partial charge < -0.3 is 35.0 Å². The standard InChI is InChI=1S/C55H45N7O7S2/c1-68-60-46(42-33-71-54(57-42)59-55(38-23-11-4-12-24-38,39-25-13-5-14-26-39)40-27-15-6-16-28-40)50(65)58-47-51(66)62-48(53(67)69-49(35-18-7-2-8-19-35)36-20-9-3-10-21-36)37(32-70-52(47)62)22-17-29-61-34-56-41-30-44(63)45(64)31-43(41)61/h2-28,30-31,33-34,47,49,52,63-64H,29,32H2,1H3,(H,57,59)(H,58,65)/b22-17+,60-46-/t47?,52-/m1/s1. The molecule has 2 aromatic heterocycles. The largest absolute Gasteiger partial charge is 0.504 e. The molecule has 71 heavy (non-hydrogen) atoms. The lowest BCUT2D eigenvalue weighted by Crippen LogP contribution is -2.71. The fraction of sp³-hybridized carbons (Fsp3) is 0.127. The summed E-state index contributed by atoms with van der Waals surface area (Å²) in [5, 5.41) is 32.4. The van der Waals surface area contributed by atoms with E-state index in [-0.39, 0.29) is 40.9 Å². The van der Waals surface area contributed by atoms with Crippen molar-refractivity contribution >= 4 is 62.8 Å². The van der Waals surface area contributed by atoms with E-state index in [2.05, 4.69) is 57.2 Å². The van der Waals surface area contributed by atoms with E-state index in [0.717, 1.165) is 27.8 Å². The highest BCUT2D eigenvalue weighted by Gasteiger charge is 2.55. The summed E-state index contributed by atoms with van der Waals surface area (Å²) in [6.07, 6.45) is 4.37. The number of imidazole rings is 1. The van der Waals surface area contributed by atoms with Gasteiger partial charge in [0.1, 0.15) is 35.5 Å². The maximum absolute atomic E-state index is 14.7. The molecule has 16 heteroatoms. The highest BCUT2D eigenvalue weighted by molar-refractivity contribution is 8.00. The number of anilines is 1. The van der Waals surface area contributed by atoms with E-state index in [1.165, 1.54) is 47.2 Å². The second-order valence-electron chi connectivity index (χ2n) is 16.6. The zero-order chi connectivity index (χ0) is 48.9. The Balaban J connectivity index is 0.931. The average Bonchev–Trinajstić information content (AvgIpc) is 4.05. The van der Waals surface area contributed by atoms with Crippen molar-refractivity contribution in [2.75, 3.05) is 18.2 Å². The van der Waals surface area contributed by atoms with Crippen molar-refractivity contribution in [1.82, 2.24) is 24.8 Å². The van der Waals surface area contributed by atoms with Crippen molar-refractivity contribution < 1.29 is 34.2 Å². The van der Waals surface area contributed by atoms with Gasteiger partial charge >= 0.3 is 5.97 Å². The Morgan fingerprint density at radius 2 is 1.39 bits per heavy atom. The van der Waals surface area contributed by atoms with Crippen LogP contribution in [0.25, 0.3) is 11.0 Å². The molecule has 1 fully saturated rings. The van der Waals surface area contributed by atoms with Crippen LogP contribution in [-0.2, 0) is 36.0 Å². The Bertz CT molecular complexity index is 3180. The number of phenolic OH excluding ortho intramolecular Hbond substituents is 2. The molecule has 2 aliphatic rings. The molecule has 4 heterocycles. The third-order valence-corrected chi connectivity index (χ3v) is 14.4. The van der Waals surface area contributed by atoms with Crippen molar-refractivity contribution in [2.45, 2.75) is 29.6 Å². The van der Waals surface area contributed by atoms with Crippen molar-refractivity contribution in [3.05, 3.63) is 232 Å². The van der Waals surface area contributed by atoms with Crippen LogP contribution in [0.4, 0.5) is 5.13 Å². The molecule has 1 unspecified atom stereocenters. The van der Waals surface area contributed by atoms with E-state index in [1.54, 1.807) is 22.4 Å². The minimum Gasteiger partial charge on any atom is -0.504 e. The van der Waals surface area contributed by atoms with Gasteiger partial charge in [0.15, 0.2) is 28.4 Å². The van der Waals surface area contributed by atoms with Crippen LogP contribution in [0.2, 0.25) is 0 Å². The lowest BCUT2D eigenvalue weighted by Gasteiger charge is -2.49. The van der Waals surface area contributed by atoms with Gasteiger partial charge in [-0.3, -0.25) is 14.5 Å². The lowest BCUT2D eigenvalue weighted by molar-refractivity contribution is -0.154. The van der Waals surface area contributed by atoms with Crippen molar-refractivity contribution in [2.24, 2.45) is 5.16 Å². The summed E-state index contributed by atoms with van der Waals surface area (Å²) in [5.41, 5.74) is 5.24. The van der Waals surface area contributed by atoms with Gasteiger partial charge in [0.25, 0.3) is 11.8 Å². The number of thioether (sulfide) groups is 1. The summed E-state index contributed by atoms with van der Waals surface area (Å²) < 4.78 is 8.13. The van der Waals surface area contributed by atoms with Crippen LogP contribution in [0.15, 0.2) is 204 Å². The molecule has 354 valence electrons. The van der Waals surface area contributed by atoms with Gasteiger partial charge in [-0.2, -0.15) is 0 Å². The molecule has 10 rings (SSSR count). The number of oxime groups is 1. The Morgan fingerprint density at radius 3 is 1.97 bits per heavy atom. The highest BCUT2D eigenvalue weighted by atomic mass is 32.2. The van der Waals surface area contributed by atoms with Crippen LogP contribution in [-0.4, -0.2) is 77.4 Å². The number of allylic oxidation sites excluding steroid dienone is 2. The second kappa shape index (κ2) is 20.2. The van der Waals surface area contributed by atoms with Crippen molar-refractivity contribution in [3.63, 3.8) is 0 Å². The molecule has 0 radical (unpaired) electrons. The van der Waals surface area contributed by atoms with Gasteiger partial charge in [0.05, 0.1) is 17.4 Å². The quantitative estimate of drug-likeness (QED) is 0.0181. The molecule has 14 nitrogen and oxygen atoms in total. The Kier molecular flexibility index (Phi) is 13.2. The average molecular weight is 980 g/mol. The summed E-state index contributed by atoms with van der Waals surface area (Å²) in [4.78, 5) is 59.3. The number of ether oxygens (including phenoxy) is 1. The normalized spacial score (nSPS) is 15.9. The molecule has 2 amide bonds. The Labute approximate surface area is 416 Å². The van der Waals surface area contributed by atoms with Crippen molar-refractivity contribution in [3.8, 4) is 11.5 Å². The maximum Gasteiger partial charge on any atom is 0.356 e. The Hall–Kier alpha value is -8.47. The summed E-state index contributed by atoms with van der Waals surface area (Å²) >= 11 is 2.68. The van der Waals surface area contributed by atoms with E-state index in [9.17, 15) is 24.6 Å². The molecule has 1 saturated heterocycles. The van der Waals surface area contributed by atoms with E-state index in [4.69, 9.17) is 14.6 Å². The van der Waals surface area contributed by atoms with E-state index in [0.29, 0.717) is 21.7 Å². The third-order valence-electron chi connectivity index (χ3n) is 12.3. The van der Waals surface area contributed by atoms with E-state index >= 15 is 0 Å². The molecule has 0 aliphatic carbocycles. The number of esters is 1. The number of carbonyl (C=O) groups is 3. The SMILES string of the molecule is CO/N=C(\C(=O)NC1C(=O)N2C(C(=O)OC(c3ccccc3)c3ccccc3)=C(/C=C/Cn3cnc4cc(O)c(O)cc43)CS[C@H]12)c1csc(NC(c2ccccc2)(c2ccccc2)c2ccccc2)n1. The van der Waals surface area contributed by atoms with Gasteiger partial charge in [-0.1, -0.05) is 169 Å². The zero-order valence-electron chi connectivity index (χ0n) is 38.0. The van der Waals surface area contributed by atoms with Gasteiger partial charge in [-0.25, -0.2) is 14.8 Å². The number of nitrogens with zero attached hydrogens (tertiary/aromatic N) is 5.